The van der Waals surface area contributed by atoms with Crippen LogP contribution in [0.5, 0.6) is 0 Å². The summed E-state index contributed by atoms with van der Waals surface area (Å²) in [6.45, 7) is 0. The third-order valence-corrected chi connectivity index (χ3v) is 6.18. The van der Waals surface area contributed by atoms with Gasteiger partial charge in [-0.2, -0.15) is 0 Å². The van der Waals surface area contributed by atoms with Gasteiger partial charge < -0.3 is 4.42 Å². The molecule has 0 amide bonds. The molecule has 0 aliphatic heterocycles. The van der Waals surface area contributed by atoms with Crippen LogP contribution >= 0.6 is 0 Å². The van der Waals surface area contributed by atoms with E-state index in [2.05, 4.69) is 120 Å². The van der Waals surface area contributed by atoms with Crippen molar-refractivity contribution >= 4 is 22.9 Å². The molecule has 0 N–H and O–H groups in total. The fraction of sp³-hybridized carbons (Fsp3) is 0. The highest BCUT2D eigenvalue weighted by atomic mass is 16.4. The number of benzene rings is 5. The molecule has 6 rings (SSSR count). The van der Waals surface area contributed by atoms with Crippen LogP contribution in [-0.2, 0) is 0 Å². The fourth-order valence-corrected chi connectivity index (χ4v) is 4.24. The van der Waals surface area contributed by atoms with Gasteiger partial charge in [0.25, 0.3) is 0 Å². The first-order valence-electron chi connectivity index (χ1n) is 11.7. The van der Waals surface area contributed by atoms with Crippen LogP contribution in [-0.4, -0.2) is 4.98 Å². The molecule has 1 aromatic heterocycles. The summed E-state index contributed by atoms with van der Waals surface area (Å²) in [6, 6.07) is 42.0. The van der Waals surface area contributed by atoms with Gasteiger partial charge in [0.2, 0.25) is 5.89 Å². The summed E-state index contributed by atoms with van der Waals surface area (Å²) in [6.07, 6.45) is 6.06. The number of aromatic nitrogens is 1. The van der Waals surface area contributed by atoms with Crippen molar-refractivity contribution in [2.75, 3.05) is 0 Å². The van der Waals surface area contributed by atoms with Crippen LogP contribution < -0.4 is 0 Å². The van der Waals surface area contributed by atoms with Gasteiger partial charge in [0.1, 0.15) is 0 Å². The lowest BCUT2D eigenvalue weighted by molar-refractivity contribution is 0.589. The second-order valence-electron chi connectivity index (χ2n) is 8.53. The van der Waals surface area contributed by atoms with Gasteiger partial charge in [0.05, 0.1) is 6.20 Å². The third-order valence-electron chi connectivity index (χ3n) is 6.18. The van der Waals surface area contributed by atoms with E-state index in [1.165, 1.54) is 27.5 Å². The lowest BCUT2D eigenvalue weighted by Crippen LogP contribution is -1.79. The van der Waals surface area contributed by atoms with E-state index in [0.717, 1.165) is 22.5 Å². The lowest BCUT2D eigenvalue weighted by atomic mass is 10.0. The molecule has 5 aromatic carbocycles. The molecular weight excluding hydrogens is 426 g/mol. The molecule has 0 saturated carbocycles. The van der Waals surface area contributed by atoms with Crippen LogP contribution in [0, 0.1) is 0 Å². The molecule has 0 unspecified atom stereocenters. The second kappa shape index (κ2) is 9.28. The lowest BCUT2D eigenvalue weighted by Gasteiger charge is -2.02. The quantitative estimate of drug-likeness (QED) is 0.245. The first-order valence-corrected chi connectivity index (χ1v) is 11.7. The standard InChI is InChI=1S/C33H23NO/c1-2-6-26(7-3-1)28-18-20-29(21-19-28)32-23-34-33(35-32)30-16-12-24(13-17-30)10-11-25-14-15-27-8-4-5-9-31(27)22-25/h1-23H/b11-10+. The van der Waals surface area contributed by atoms with Crippen molar-refractivity contribution in [1.29, 1.82) is 0 Å². The van der Waals surface area contributed by atoms with Gasteiger partial charge >= 0.3 is 0 Å². The average Bonchev–Trinajstić information content (AvgIpc) is 3.43. The van der Waals surface area contributed by atoms with Crippen molar-refractivity contribution < 1.29 is 4.42 Å². The molecule has 6 aromatic rings. The van der Waals surface area contributed by atoms with E-state index in [-0.39, 0.29) is 0 Å². The zero-order valence-corrected chi connectivity index (χ0v) is 19.1. The monoisotopic (exact) mass is 449 g/mol. The first-order chi connectivity index (χ1) is 17.3. The Morgan fingerprint density at radius 3 is 1.89 bits per heavy atom. The number of fused-ring (bicyclic) bond motifs is 1. The minimum Gasteiger partial charge on any atom is -0.436 e. The first kappa shape index (κ1) is 20.9. The Morgan fingerprint density at radius 1 is 0.486 bits per heavy atom. The number of nitrogens with zero attached hydrogens (tertiary/aromatic N) is 1. The minimum atomic E-state index is 0.622. The number of oxazole rings is 1. The minimum absolute atomic E-state index is 0.622. The molecular formula is C33H23NO. The van der Waals surface area contributed by atoms with Crippen molar-refractivity contribution in [1.82, 2.24) is 4.98 Å². The Morgan fingerprint density at radius 2 is 1.09 bits per heavy atom. The normalized spacial score (nSPS) is 11.3. The molecule has 0 aliphatic rings. The maximum absolute atomic E-state index is 6.08. The molecule has 0 bridgehead atoms. The number of hydrogen-bond donors (Lipinski definition) is 0. The topological polar surface area (TPSA) is 26.0 Å². The van der Waals surface area contributed by atoms with Gasteiger partial charge in [-0.05, 0) is 51.2 Å². The van der Waals surface area contributed by atoms with Gasteiger partial charge in [-0.25, -0.2) is 4.98 Å². The Labute approximate surface area is 204 Å². The second-order valence-corrected chi connectivity index (χ2v) is 8.53. The molecule has 0 saturated heterocycles. The van der Waals surface area contributed by atoms with Gasteiger partial charge in [-0.3, -0.25) is 0 Å². The zero-order chi connectivity index (χ0) is 23.5. The zero-order valence-electron chi connectivity index (χ0n) is 19.1. The van der Waals surface area contributed by atoms with Gasteiger partial charge in [0.15, 0.2) is 5.76 Å². The van der Waals surface area contributed by atoms with Crippen LogP contribution in [0.4, 0.5) is 0 Å². The molecule has 1 heterocycles. The summed E-state index contributed by atoms with van der Waals surface area (Å²) in [5, 5.41) is 2.51. The van der Waals surface area contributed by atoms with E-state index >= 15 is 0 Å². The number of hydrogen-bond acceptors (Lipinski definition) is 2. The van der Waals surface area contributed by atoms with Crippen LogP contribution in [0.2, 0.25) is 0 Å². The van der Waals surface area contributed by atoms with Crippen molar-refractivity contribution in [2.24, 2.45) is 0 Å². The highest BCUT2D eigenvalue weighted by Crippen LogP contribution is 2.28. The van der Waals surface area contributed by atoms with E-state index in [1.807, 2.05) is 18.2 Å². The summed E-state index contributed by atoms with van der Waals surface area (Å²) in [5.41, 5.74) is 6.67. The predicted molar refractivity (Wildman–Crippen MR) is 146 cm³/mol. The number of rotatable bonds is 5. The molecule has 35 heavy (non-hydrogen) atoms. The smallest absolute Gasteiger partial charge is 0.226 e. The average molecular weight is 450 g/mol. The predicted octanol–water partition coefficient (Wildman–Crippen LogP) is 9.00. The van der Waals surface area contributed by atoms with Gasteiger partial charge in [0, 0.05) is 11.1 Å². The highest BCUT2D eigenvalue weighted by Gasteiger charge is 2.09. The molecule has 166 valence electrons. The van der Waals surface area contributed by atoms with Crippen molar-refractivity contribution in [3.63, 3.8) is 0 Å². The summed E-state index contributed by atoms with van der Waals surface area (Å²) >= 11 is 0. The fourth-order valence-electron chi connectivity index (χ4n) is 4.24. The van der Waals surface area contributed by atoms with Crippen LogP contribution in [0.25, 0.3) is 56.8 Å². The Hall–Kier alpha value is -4.69. The summed E-state index contributed by atoms with van der Waals surface area (Å²) in [4.78, 5) is 4.51. The van der Waals surface area contributed by atoms with Gasteiger partial charge in [-0.1, -0.05) is 115 Å². The summed E-state index contributed by atoms with van der Waals surface area (Å²) in [7, 11) is 0. The Bertz CT molecular complexity index is 1610. The van der Waals surface area contributed by atoms with Crippen molar-refractivity contribution in [3.05, 3.63) is 139 Å². The Kier molecular flexibility index (Phi) is 5.54. The van der Waals surface area contributed by atoms with E-state index in [1.54, 1.807) is 6.20 Å². The van der Waals surface area contributed by atoms with Crippen molar-refractivity contribution in [3.8, 4) is 33.9 Å². The van der Waals surface area contributed by atoms with E-state index < -0.39 is 0 Å². The molecule has 0 aliphatic carbocycles. The van der Waals surface area contributed by atoms with E-state index in [4.69, 9.17) is 4.42 Å². The van der Waals surface area contributed by atoms with Gasteiger partial charge in [-0.15, -0.1) is 0 Å². The maximum Gasteiger partial charge on any atom is 0.226 e. The highest BCUT2D eigenvalue weighted by molar-refractivity contribution is 5.86. The van der Waals surface area contributed by atoms with Crippen LogP contribution in [0.3, 0.4) is 0 Å². The molecule has 0 fully saturated rings. The molecule has 2 heteroatoms. The molecule has 0 atom stereocenters. The molecule has 0 spiro atoms. The van der Waals surface area contributed by atoms with E-state index in [0.29, 0.717) is 5.89 Å². The maximum atomic E-state index is 6.08. The van der Waals surface area contributed by atoms with E-state index in [9.17, 15) is 0 Å². The van der Waals surface area contributed by atoms with Crippen LogP contribution in [0.1, 0.15) is 11.1 Å². The van der Waals surface area contributed by atoms with Crippen LogP contribution in [0.15, 0.2) is 132 Å². The summed E-state index contributed by atoms with van der Waals surface area (Å²) < 4.78 is 6.08. The summed E-state index contributed by atoms with van der Waals surface area (Å²) in [5.74, 6) is 1.39. The third kappa shape index (κ3) is 4.55. The molecule has 0 radical (unpaired) electrons. The SMILES string of the molecule is C(=C\c1ccc2ccccc2c1)/c1ccc(-c2ncc(-c3ccc(-c4ccccc4)cc3)o2)cc1. The molecule has 2 nitrogen and oxygen atoms in total. The van der Waals surface area contributed by atoms with Crippen molar-refractivity contribution in [2.45, 2.75) is 0 Å². The Balaban J connectivity index is 1.17. The largest absolute Gasteiger partial charge is 0.436 e.